The van der Waals surface area contributed by atoms with Crippen molar-refractivity contribution in [3.05, 3.63) is 0 Å². The Kier molecular flexibility index (Phi) is 11.6. The summed E-state index contributed by atoms with van der Waals surface area (Å²) in [6, 6.07) is 0. The maximum absolute atomic E-state index is 4.99. The maximum Gasteiger partial charge on any atom is 0.109 e. The quantitative estimate of drug-likeness (QED) is 0.294. The summed E-state index contributed by atoms with van der Waals surface area (Å²) in [4.78, 5) is 9.23. The fourth-order valence-corrected chi connectivity index (χ4v) is 0.577. The van der Waals surface area contributed by atoms with Crippen LogP contribution in [0.15, 0.2) is 0 Å². The molecule has 0 rings (SSSR count). The van der Waals surface area contributed by atoms with Crippen molar-refractivity contribution >= 4 is 0 Å². The van der Waals surface area contributed by atoms with Gasteiger partial charge in [-0.15, -0.1) is 0 Å². The van der Waals surface area contributed by atoms with Crippen molar-refractivity contribution in [2.24, 2.45) is 0 Å². The summed E-state index contributed by atoms with van der Waals surface area (Å²) in [7, 11) is 0. The molecule has 0 aliphatic heterocycles. The highest BCUT2D eigenvalue weighted by Crippen LogP contribution is 1.83. The highest BCUT2D eigenvalue weighted by molar-refractivity contribution is 4.22. The first-order valence-corrected chi connectivity index (χ1v) is 4.48. The lowest BCUT2D eigenvalue weighted by molar-refractivity contribution is -0.514. The first kappa shape index (κ1) is 12.8. The van der Waals surface area contributed by atoms with Gasteiger partial charge in [-0.3, -0.25) is 0 Å². The molecule has 0 bridgehead atoms. The molecule has 5 nitrogen and oxygen atoms in total. The first-order valence-electron chi connectivity index (χ1n) is 4.48. The Balaban J connectivity index is 2.76. The van der Waals surface area contributed by atoms with E-state index in [-0.39, 0.29) is 0 Å². The summed E-state index contributed by atoms with van der Waals surface area (Å²) < 4.78 is 9.99. The van der Waals surface area contributed by atoms with E-state index in [0.717, 1.165) is 0 Å². The fourth-order valence-electron chi connectivity index (χ4n) is 0.577. The van der Waals surface area contributed by atoms with Gasteiger partial charge in [0.05, 0.1) is 13.2 Å². The van der Waals surface area contributed by atoms with Crippen LogP contribution in [0.3, 0.4) is 0 Å². The van der Waals surface area contributed by atoms with Crippen LogP contribution in [-0.4, -0.2) is 39.6 Å². The molecule has 5 heteroatoms. The molecule has 0 saturated carbocycles. The molecule has 0 aromatic carbocycles. The molecule has 0 atom stereocenters. The van der Waals surface area contributed by atoms with Gasteiger partial charge in [-0.05, 0) is 13.8 Å². The third-order valence-corrected chi connectivity index (χ3v) is 1.13. The SMILES string of the molecule is CCOCCOOOCCOCC. The summed E-state index contributed by atoms with van der Waals surface area (Å²) in [6.07, 6.45) is 0. The Bertz CT molecular complexity index is 78.6. The molecule has 0 amide bonds. The van der Waals surface area contributed by atoms with Crippen LogP contribution in [-0.2, 0) is 24.3 Å². The van der Waals surface area contributed by atoms with Crippen LogP contribution in [0.25, 0.3) is 0 Å². The second kappa shape index (κ2) is 11.8. The Labute approximate surface area is 78.7 Å². The van der Waals surface area contributed by atoms with Crippen LogP contribution < -0.4 is 0 Å². The number of hydrogen-bond acceptors (Lipinski definition) is 5. The van der Waals surface area contributed by atoms with E-state index in [1.165, 1.54) is 0 Å². The van der Waals surface area contributed by atoms with Gasteiger partial charge < -0.3 is 9.47 Å². The summed E-state index contributed by atoms with van der Waals surface area (Å²) in [6.45, 7) is 6.92. The second-order valence-electron chi connectivity index (χ2n) is 2.11. The van der Waals surface area contributed by atoms with Gasteiger partial charge in [-0.25, -0.2) is 9.78 Å². The zero-order valence-electron chi connectivity index (χ0n) is 8.28. The lowest BCUT2D eigenvalue weighted by atomic mass is 10.7. The molecule has 0 fully saturated rings. The van der Waals surface area contributed by atoms with Crippen LogP contribution in [0.1, 0.15) is 13.8 Å². The van der Waals surface area contributed by atoms with E-state index in [1.807, 2.05) is 13.8 Å². The van der Waals surface area contributed by atoms with Crippen molar-refractivity contribution in [1.29, 1.82) is 0 Å². The van der Waals surface area contributed by atoms with Gasteiger partial charge in [-0.2, -0.15) is 0 Å². The van der Waals surface area contributed by atoms with Gasteiger partial charge >= 0.3 is 0 Å². The zero-order valence-corrected chi connectivity index (χ0v) is 8.28. The van der Waals surface area contributed by atoms with Crippen LogP contribution >= 0.6 is 0 Å². The van der Waals surface area contributed by atoms with Crippen molar-refractivity contribution in [3.8, 4) is 0 Å². The Morgan fingerprint density at radius 1 is 0.692 bits per heavy atom. The minimum Gasteiger partial charge on any atom is -0.379 e. The molecular weight excluding hydrogens is 176 g/mol. The Morgan fingerprint density at radius 2 is 1.15 bits per heavy atom. The average molecular weight is 194 g/mol. The van der Waals surface area contributed by atoms with E-state index in [2.05, 4.69) is 14.8 Å². The highest BCUT2D eigenvalue weighted by atomic mass is 17.5. The third-order valence-electron chi connectivity index (χ3n) is 1.13. The van der Waals surface area contributed by atoms with Crippen LogP contribution in [0, 0.1) is 0 Å². The smallest absolute Gasteiger partial charge is 0.109 e. The molecule has 0 unspecified atom stereocenters. The largest absolute Gasteiger partial charge is 0.379 e. The minimum absolute atomic E-state index is 0.364. The van der Waals surface area contributed by atoms with E-state index >= 15 is 0 Å². The molecule has 0 aromatic rings. The highest BCUT2D eigenvalue weighted by Gasteiger charge is 1.90. The topological polar surface area (TPSA) is 46.2 Å². The van der Waals surface area contributed by atoms with Crippen molar-refractivity contribution in [2.75, 3.05) is 39.6 Å². The molecule has 13 heavy (non-hydrogen) atoms. The van der Waals surface area contributed by atoms with Gasteiger partial charge in [-0.1, -0.05) is 5.04 Å². The summed E-state index contributed by atoms with van der Waals surface area (Å²) in [5.41, 5.74) is 0. The zero-order chi connectivity index (χ0) is 9.78. The predicted molar refractivity (Wildman–Crippen MR) is 46.0 cm³/mol. The van der Waals surface area contributed by atoms with Crippen molar-refractivity contribution in [3.63, 3.8) is 0 Å². The summed E-state index contributed by atoms with van der Waals surface area (Å²) in [5.74, 6) is 0. The van der Waals surface area contributed by atoms with Gasteiger partial charge in [0.2, 0.25) is 0 Å². The van der Waals surface area contributed by atoms with E-state index in [9.17, 15) is 0 Å². The molecule has 0 N–H and O–H groups in total. The van der Waals surface area contributed by atoms with Crippen LogP contribution in [0.4, 0.5) is 0 Å². The monoisotopic (exact) mass is 194 g/mol. The molecule has 0 heterocycles. The number of ether oxygens (including phenoxy) is 2. The molecule has 0 spiro atoms. The Morgan fingerprint density at radius 3 is 1.54 bits per heavy atom. The molecule has 0 aromatic heterocycles. The van der Waals surface area contributed by atoms with Crippen molar-refractivity contribution in [2.45, 2.75) is 13.8 Å². The van der Waals surface area contributed by atoms with Gasteiger partial charge in [0, 0.05) is 13.2 Å². The second-order valence-corrected chi connectivity index (χ2v) is 2.11. The predicted octanol–water partition coefficient (Wildman–Crippen LogP) is 0.939. The third kappa shape index (κ3) is 11.8. The van der Waals surface area contributed by atoms with E-state index in [0.29, 0.717) is 39.6 Å². The molecule has 0 aliphatic rings. The number of rotatable bonds is 10. The van der Waals surface area contributed by atoms with Crippen molar-refractivity contribution in [1.82, 2.24) is 0 Å². The average Bonchev–Trinajstić information content (AvgIpc) is 2.16. The normalized spacial score (nSPS) is 10.6. The lowest BCUT2D eigenvalue weighted by Crippen LogP contribution is -2.08. The molecular formula is C8H18O5. The van der Waals surface area contributed by atoms with E-state index < -0.39 is 0 Å². The lowest BCUT2D eigenvalue weighted by Gasteiger charge is -2.03. The fraction of sp³-hybridized carbons (Fsp3) is 1.00. The van der Waals surface area contributed by atoms with Crippen LogP contribution in [0.2, 0.25) is 0 Å². The van der Waals surface area contributed by atoms with Gasteiger partial charge in [0.15, 0.2) is 0 Å². The maximum atomic E-state index is 4.99. The molecule has 0 saturated heterocycles. The van der Waals surface area contributed by atoms with Gasteiger partial charge in [0.25, 0.3) is 0 Å². The molecule has 0 radical (unpaired) electrons. The minimum atomic E-state index is 0.364. The standard InChI is InChI=1S/C8H18O5/c1-3-9-5-7-11-13-12-8-6-10-4-2/h3-8H2,1-2H3. The molecule has 0 aliphatic carbocycles. The van der Waals surface area contributed by atoms with Crippen LogP contribution in [0.5, 0.6) is 0 Å². The Hall–Kier alpha value is -0.200. The van der Waals surface area contributed by atoms with E-state index in [4.69, 9.17) is 9.47 Å². The number of hydrogen-bond donors (Lipinski definition) is 0. The molecule has 80 valence electrons. The summed E-state index contributed by atoms with van der Waals surface area (Å²) in [5, 5.41) is 4.37. The van der Waals surface area contributed by atoms with Gasteiger partial charge in [0.1, 0.15) is 13.2 Å². The first-order chi connectivity index (χ1) is 6.41. The van der Waals surface area contributed by atoms with E-state index in [1.54, 1.807) is 0 Å². The van der Waals surface area contributed by atoms with Crippen molar-refractivity contribution < 1.29 is 24.3 Å². The summed E-state index contributed by atoms with van der Waals surface area (Å²) >= 11 is 0.